The first-order valence-corrected chi connectivity index (χ1v) is 10.3. The number of rotatable bonds is 4. The van der Waals surface area contributed by atoms with Gasteiger partial charge < -0.3 is 10.6 Å². The van der Waals surface area contributed by atoms with Crippen LogP contribution in [0.1, 0.15) is 47.6 Å². The number of benzene rings is 2. The predicted molar refractivity (Wildman–Crippen MR) is 109 cm³/mol. The number of likely N-dealkylation sites (tertiary alicyclic amines) is 1. The minimum Gasteiger partial charge on any atom is -0.335 e. The van der Waals surface area contributed by atoms with E-state index in [4.69, 9.17) is 0 Å². The number of piperidine rings is 1. The highest BCUT2D eigenvalue weighted by molar-refractivity contribution is 5.75. The fraction of sp³-hybridized carbons (Fsp3) is 0.435. The number of hydrogen-bond donors (Lipinski definition) is 2. The average molecular weight is 399 g/mol. The Morgan fingerprint density at radius 1 is 1.03 bits per heavy atom. The third kappa shape index (κ3) is 4.75. The molecule has 6 heteroatoms. The summed E-state index contributed by atoms with van der Waals surface area (Å²) >= 11 is 0. The maximum absolute atomic E-state index is 13.4. The van der Waals surface area contributed by atoms with E-state index in [1.807, 2.05) is 0 Å². The zero-order valence-electron chi connectivity index (χ0n) is 16.7. The molecule has 2 N–H and O–H groups in total. The lowest BCUT2D eigenvalue weighted by Crippen LogP contribution is -2.48. The quantitative estimate of drug-likeness (QED) is 0.808. The van der Waals surface area contributed by atoms with E-state index in [1.54, 1.807) is 6.07 Å². The molecule has 1 atom stereocenters. The lowest BCUT2D eigenvalue weighted by Gasteiger charge is -2.32. The van der Waals surface area contributed by atoms with Crippen molar-refractivity contribution in [2.24, 2.45) is 0 Å². The molecule has 4 rings (SSSR count). The number of halogens is 2. The molecule has 1 heterocycles. The second kappa shape index (κ2) is 8.49. The number of nitrogens with zero attached hydrogens (tertiary/aromatic N) is 1. The van der Waals surface area contributed by atoms with Gasteiger partial charge in [-0.15, -0.1) is 0 Å². The Labute approximate surface area is 170 Å². The zero-order valence-corrected chi connectivity index (χ0v) is 16.7. The van der Waals surface area contributed by atoms with Crippen LogP contribution in [0.4, 0.5) is 13.6 Å². The molecule has 0 unspecified atom stereocenters. The summed E-state index contributed by atoms with van der Waals surface area (Å²) in [5, 5.41) is 6.23. The van der Waals surface area contributed by atoms with Crippen molar-refractivity contribution in [3.63, 3.8) is 0 Å². The SMILES string of the molecule is Cc1ccc2c(c1)CC[C@@H]2NC(=O)NC1CCN(Cc2ccc(F)c(F)c2)CC1. The van der Waals surface area contributed by atoms with Crippen molar-refractivity contribution < 1.29 is 13.6 Å². The highest BCUT2D eigenvalue weighted by Crippen LogP contribution is 2.31. The molecule has 1 fully saturated rings. The Kier molecular flexibility index (Phi) is 5.81. The summed E-state index contributed by atoms with van der Waals surface area (Å²) in [4.78, 5) is 14.7. The molecule has 2 aliphatic rings. The van der Waals surface area contributed by atoms with Crippen LogP contribution in [0.5, 0.6) is 0 Å². The number of aryl methyl sites for hydroxylation is 2. The number of amides is 2. The lowest BCUT2D eigenvalue weighted by molar-refractivity contribution is 0.185. The van der Waals surface area contributed by atoms with E-state index in [0.29, 0.717) is 6.54 Å². The normalized spacial score (nSPS) is 19.8. The Bertz CT molecular complexity index is 894. The standard InChI is InChI=1S/C23H27F2N3O/c1-15-2-5-19-17(12-15)4-7-22(19)27-23(29)26-18-8-10-28(11-9-18)14-16-3-6-20(24)21(25)13-16/h2-3,5-6,12-13,18,22H,4,7-11,14H2,1H3,(H2,26,27,29)/t22-/m0/s1. The van der Waals surface area contributed by atoms with Crippen LogP contribution in [0, 0.1) is 18.6 Å². The summed E-state index contributed by atoms with van der Waals surface area (Å²) in [5.74, 6) is -1.62. The van der Waals surface area contributed by atoms with Gasteiger partial charge in [-0.05, 0) is 61.4 Å². The van der Waals surface area contributed by atoms with Crippen molar-refractivity contribution in [2.45, 2.75) is 51.2 Å². The molecule has 4 nitrogen and oxygen atoms in total. The second-order valence-electron chi connectivity index (χ2n) is 8.21. The maximum Gasteiger partial charge on any atom is 0.315 e. The van der Waals surface area contributed by atoms with Gasteiger partial charge in [0.1, 0.15) is 0 Å². The van der Waals surface area contributed by atoms with Crippen molar-refractivity contribution in [3.05, 3.63) is 70.3 Å². The van der Waals surface area contributed by atoms with Gasteiger partial charge in [0.2, 0.25) is 0 Å². The minimum atomic E-state index is -0.817. The third-order valence-electron chi connectivity index (χ3n) is 5.99. The van der Waals surface area contributed by atoms with Crippen LogP contribution >= 0.6 is 0 Å². The topological polar surface area (TPSA) is 44.4 Å². The molecule has 29 heavy (non-hydrogen) atoms. The van der Waals surface area contributed by atoms with E-state index in [9.17, 15) is 13.6 Å². The van der Waals surface area contributed by atoms with Crippen LogP contribution in [0.25, 0.3) is 0 Å². The van der Waals surface area contributed by atoms with Gasteiger partial charge in [0.15, 0.2) is 11.6 Å². The van der Waals surface area contributed by atoms with E-state index >= 15 is 0 Å². The van der Waals surface area contributed by atoms with Crippen LogP contribution in [0.15, 0.2) is 36.4 Å². The first kappa shape index (κ1) is 19.8. The summed E-state index contributed by atoms with van der Waals surface area (Å²) in [6.45, 7) is 4.31. The number of urea groups is 1. The van der Waals surface area contributed by atoms with Gasteiger partial charge in [-0.3, -0.25) is 4.90 Å². The highest BCUT2D eigenvalue weighted by Gasteiger charge is 2.26. The summed E-state index contributed by atoms with van der Waals surface area (Å²) in [6, 6.07) is 10.6. The monoisotopic (exact) mass is 399 g/mol. The molecule has 2 aromatic carbocycles. The van der Waals surface area contributed by atoms with Crippen LogP contribution in [-0.4, -0.2) is 30.1 Å². The van der Waals surface area contributed by atoms with Gasteiger partial charge >= 0.3 is 6.03 Å². The van der Waals surface area contributed by atoms with Gasteiger partial charge in [0.05, 0.1) is 6.04 Å². The molecular formula is C23H27F2N3O. The Balaban J connectivity index is 1.24. The van der Waals surface area contributed by atoms with E-state index in [-0.39, 0.29) is 18.1 Å². The molecule has 0 spiro atoms. The third-order valence-corrected chi connectivity index (χ3v) is 5.99. The minimum absolute atomic E-state index is 0.0825. The van der Waals surface area contributed by atoms with Crippen LogP contribution < -0.4 is 10.6 Å². The van der Waals surface area contributed by atoms with Gasteiger partial charge in [0.25, 0.3) is 0 Å². The fourth-order valence-electron chi connectivity index (χ4n) is 4.41. The number of carbonyl (C=O) groups is 1. The first-order valence-electron chi connectivity index (χ1n) is 10.3. The maximum atomic E-state index is 13.4. The summed E-state index contributed by atoms with van der Waals surface area (Å²) in [7, 11) is 0. The first-order chi connectivity index (χ1) is 14.0. The van der Waals surface area contributed by atoms with Gasteiger partial charge in [0, 0.05) is 25.7 Å². The van der Waals surface area contributed by atoms with Crippen molar-refractivity contribution in [3.8, 4) is 0 Å². The molecule has 0 aromatic heterocycles. The van der Waals surface area contributed by atoms with Crippen LogP contribution in [-0.2, 0) is 13.0 Å². The van der Waals surface area contributed by atoms with E-state index in [1.165, 1.54) is 28.8 Å². The van der Waals surface area contributed by atoms with Gasteiger partial charge in [-0.1, -0.05) is 29.8 Å². The van der Waals surface area contributed by atoms with E-state index in [0.717, 1.165) is 44.3 Å². The largest absolute Gasteiger partial charge is 0.335 e. The van der Waals surface area contributed by atoms with E-state index < -0.39 is 11.6 Å². The molecular weight excluding hydrogens is 372 g/mol. The van der Waals surface area contributed by atoms with Gasteiger partial charge in [-0.25, -0.2) is 13.6 Å². The molecule has 0 bridgehead atoms. The van der Waals surface area contributed by atoms with E-state index in [2.05, 4.69) is 40.7 Å². The Hall–Kier alpha value is -2.47. The molecule has 0 radical (unpaired) electrons. The molecule has 1 saturated heterocycles. The van der Waals surface area contributed by atoms with Crippen molar-refractivity contribution in [1.29, 1.82) is 0 Å². The zero-order chi connectivity index (χ0) is 20.4. The van der Waals surface area contributed by atoms with Crippen LogP contribution in [0.2, 0.25) is 0 Å². The highest BCUT2D eigenvalue weighted by atomic mass is 19.2. The molecule has 154 valence electrons. The second-order valence-corrected chi connectivity index (χ2v) is 8.21. The lowest BCUT2D eigenvalue weighted by atomic mass is 10.0. The van der Waals surface area contributed by atoms with Crippen molar-refractivity contribution >= 4 is 6.03 Å². The number of hydrogen-bond acceptors (Lipinski definition) is 2. The number of nitrogens with one attached hydrogen (secondary N) is 2. The Morgan fingerprint density at radius 2 is 1.83 bits per heavy atom. The summed E-state index contributed by atoms with van der Waals surface area (Å²) in [5.41, 5.74) is 4.58. The molecule has 2 amide bonds. The molecule has 0 saturated carbocycles. The number of carbonyl (C=O) groups excluding carboxylic acids is 1. The molecule has 1 aliphatic carbocycles. The average Bonchev–Trinajstić information content (AvgIpc) is 3.08. The smallest absolute Gasteiger partial charge is 0.315 e. The summed E-state index contributed by atoms with van der Waals surface area (Å²) < 4.78 is 26.4. The molecule has 2 aromatic rings. The van der Waals surface area contributed by atoms with Crippen molar-refractivity contribution in [1.82, 2.24) is 15.5 Å². The fourth-order valence-corrected chi connectivity index (χ4v) is 4.41. The number of fused-ring (bicyclic) bond motifs is 1. The molecule has 1 aliphatic heterocycles. The Morgan fingerprint density at radius 3 is 2.59 bits per heavy atom. The van der Waals surface area contributed by atoms with Crippen molar-refractivity contribution in [2.75, 3.05) is 13.1 Å². The summed E-state index contributed by atoms with van der Waals surface area (Å²) in [6.07, 6.45) is 3.64. The predicted octanol–water partition coefficient (Wildman–Crippen LogP) is 4.22. The van der Waals surface area contributed by atoms with Crippen LogP contribution in [0.3, 0.4) is 0 Å². The van der Waals surface area contributed by atoms with Gasteiger partial charge in [-0.2, -0.15) is 0 Å².